The normalized spacial score (nSPS) is 25.9. The molecular formula is C26H36N3O3+. The third-order valence-corrected chi connectivity index (χ3v) is 7.33. The molecule has 6 nitrogen and oxygen atoms in total. The highest BCUT2D eigenvalue weighted by atomic mass is 16.6. The van der Waals surface area contributed by atoms with Crippen molar-refractivity contribution in [2.45, 2.75) is 63.1 Å². The smallest absolute Gasteiger partial charge is 0.343 e. The van der Waals surface area contributed by atoms with E-state index in [9.17, 15) is 9.90 Å². The highest BCUT2D eigenvalue weighted by Crippen LogP contribution is 2.42. The number of carbonyl (C=O) groups is 1. The highest BCUT2D eigenvalue weighted by molar-refractivity contribution is 5.81. The van der Waals surface area contributed by atoms with E-state index >= 15 is 0 Å². The minimum Gasteiger partial charge on any atom is -0.454 e. The predicted molar refractivity (Wildman–Crippen MR) is 123 cm³/mol. The molecule has 4 rings (SSSR count). The highest BCUT2D eigenvalue weighted by Gasteiger charge is 2.49. The van der Waals surface area contributed by atoms with E-state index in [1.165, 1.54) is 0 Å². The molecule has 3 atom stereocenters. The van der Waals surface area contributed by atoms with Crippen LogP contribution in [0.3, 0.4) is 0 Å². The van der Waals surface area contributed by atoms with Crippen molar-refractivity contribution in [1.29, 1.82) is 0 Å². The first kappa shape index (κ1) is 22.9. The van der Waals surface area contributed by atoms with Gasteiger partial charge in [0.1, 0.15) is 12.4 Å². The van der Waals surface area contributed by atoms with E-state index in [1.807, 2.05) is 36.4 Å². The Bertz CT molecular complexity index is 872. The van der Waals surface area contributed by atoms with Crippen LogP contribution in [0, 0.1) is 5.92 Å². The standard InChI is InChI=1S/C26H36N3O3/c1-29(19-8-15-24-27-16-9-17-28-24)18-7-14-23(20-29)32-25(30)26(31,22-12-5-6-13-22)21-10-3-2-4-11-21/h2-4,9-11,16-17,22-23,31H,5-8,12-15,18-20H2,1H3/q+1/t23-,26?,29?/m1/s1. The molecular weight excluding hydrogens is 402 g/mol. The third-order valence-electron chi connectivity index (χ3n) is 7.33. The molecule has 1 saturated heterocycles. The molecule has 2 fully saturated rings. The fourth-order valence-corrected chi connectivity index (χ4v) is 5.55. The summed E-state index contributed by atoms with van der Waals surface area (Å²) in [6.07, 6.45) is 11.0. The number of carbonyl (C=O) groups excluding carboxylic acids is 1. The first-order valence-electron chi connectivity index (χ1n) is 12.1. The topological polar surface area (TPSA) is 72.3 Å². The lowest BCUT2D eigenvalue weighted by Gasteiger charge is -2.42. The van der Waals surface area contributed by atoms with E-state index < -0.39 is 11.6 Å². The number of aliphatic hydroxyl groups is 1. The van der Waals surface area contributed by atoms with Gasteiger partial charge in [0.25, 0.3) is 0 Å². The monoisotopic (exact) mass is 438 g/mol. The largest absolute Gasteiger partial charge is 0.454 e. The van der Waals surface area contributed by atoms with Crippen LogP contribution in [0.5, 0.6) is 0 Å². The van der Waals surface area contributed by atoms with Crippen molar-refractivity contribution in [3.05, 3.63) is 60.2 Å². The summed E-state index contributed by atoms with van der Waals surface area (Å²) in [5, 5.41) is 11.7. The average molecular weight is 439 g/mol. The molecule has 0 bridgehead atoms. The van der Waals surface area contributed by atoms with Gasteiger partial charge in [-0.25, -0.2) is 14.8 Å². The molecule has 2 aromatic rings. The number of piperidine rings is 1. The van der Waals surface area contributed by atoms with E-state index in [0.717, 1.165) is 81.3 Å². The molecule has 32 heavy (non-hydrogen) atoms. The quantitative estimate of drug-likeness (QED) is 0.503. The second kappa shape index (κ2) is 10.1. The van der Waals surface area contributed by atoms with Crippen LogP contribution in [0.4, 0.5) is 0 Å². The Hall–Kier alpha value is -2.31. The maximum atomic E-state index is 13.4. The second-order valence-corrected chi connectivity index (χ2v) is 9.80. The van der Waals surface area contributed by atoms with Crippen LogP contribution in [0.2, 0.25) is 0 Å². The number of hydrogen-bond donors (Lipinski definition) is 1. The van der Waals surface area contributed by atoms with Gasteiger partial charge < -0.3 is 14.3 Å². The molecule has 1 aliphatic carbocycles. The number of likely N-dealkylation sites (N-methyl/N-ethyl adjacent to an activating group) is 1. The van der Waals surface area contributed by atoms with Crippen molar-refractivity contribution >= 4 is 5.97 Å². The molecule has 0 spiro atoms. The lowest BCUT2D eigenvalue weighted by atomic mass is 9.80. The van der Waals surface area contributed by atoms with Gasteiger partial charge in [-0.05, 0) is 30.9 Å². The van der Waals surface area contributed by atoms with E-state index in [1.54, 1.807) is 12.4 Å². The van der Waals surface area contributed by atoms with E-state index in [0.29, 0.717) is 5.56 Å². The zero-order chi connectivity index (χ0) is 22.4. The number of ether oxygens (including phenoxy) is 1. The molecule has 0 radical (unpaired) electrons. The number of nitrogens with zero attached hydrogens (tertiary/aromatic N) is 3. The summed E-state index contributed by atoms with van der Waals surface area (Å²) in [5.41, 5.74) is -0.892. The number of esters is 1. The Morgan fingerprint density at radius 1 is 1.09 bits per heavy atom. The maximum absolute atomic E-state index is 13.4. The summed E-state index contributed by atoms with van der Waals surface area (Å²) < 4.78 is 6.93. The summed E-state index contributed by atoms with van der Waals surface area (Å²) in [6, 6.07) is 11.2. The van der Waals surface area contributed by atoms with Crippen LogP contribution in [-0.4, -0.2) is 58.3 Å². The fraction of sp³-hybridized carbons (Fsp3) is 0.577. The molecule has 2 aliphatic rings. The zero-order valence-electron chi connectivity index (χ0n) is 19.2. The Morgan fingerprint density at radius 2 is 1.81 bits per heavy atom. The molecule has 1 aromatic heterocycles. The predicted octanol–water partition coefficient (Wildman–Crippen LogP) is 3.64. The summed E-state index contributed by atoms with van der Waals surface area (Å²) >= 11 is 0. The summed E-state index contributed by atoms with van der Waals surface area (Å²) in [6.45, 7) is 2.87. The van der Waals surface area contributed by atoms with Crippen molar-refractivity contribution in [1.82, 2.24) is 9.97 Å². The molecule has 0 amide bonds. The van der Waals surface area contributed by atoms with Crippen LogP contribution in [0.25, 0.3) is 0 Å². The van der Waals surface area contributed by atoms with Gasteiger partial charge in [-0.1, -0.05) is 43.2 Å². The zero-order valence-corrected chi connectivity index (χ0v) is 19.2. The molecule has 172 valence electrons. The number of rotatable bonds is 8. The van der Waals surface area contributed by atoms with E-state index in [-0.39, 0.29) is 12.0 Å². The maximum Gasteiger partial charge on any atom is 0.343 e. The number of quaternary nitrogens is 1. The molecule has 6 heteroatoms. The average Bonchev–Trinajstić information content (AvgIpc) is 3.35. The van der Waals surface area contributed by atoms with Gasteiger partial charge in [-0.3, -0.25) is 0 Å². The van der Waals surface area contributed by atoms with Crippen molar-refractivity contribution in [3.63, 3.8) is 0 Å². The summed E-state index contributed by atoms with van der Waals surface area (Å²) in [5.74, 6) is 0.336. The minimum absolute atomic E-state index is 0.0762. The SMILES string of the molecule is C[N+]1(CCCc2ncccn2)CCC[C@@H](OC(=O)C(O)(c2ccccc2)C2CCCC2)C1. The molecule has 2 unspecified atom stereocenters. The Labute approximate surface area is 191 Å². The number of likely N-dealkylation sites (tertiary alicyclic amines) is 1. The molecule has 2 heterocycles. The van der Waals surface area contributed by atoms with Gasteiger partial charge in [0.05, 0.1) is 20.1 Å². The number of benzene rings is 1. The van der Waals surface area contributed by atoms with Crippen LogP contribution in [0.1, 0.15) is 56.3 Å². The van der Waals surface area contributed by atoms with Gasteiger partial charge in [0.2, 0.25) is 0 Å². The van der Waals surface area contributed by atoms with Crippen molar-refractivity contribution in [3.8, 4) is 0 Å². The van der Waals surface area contributed by atoms with Crippen LogP contribution in [0.15, 0.2) is 48.8 Å². The van der Waals surface area contributed by atoms with Gasteiger partial charge in [-0.15, -0.1) is 0 Å². The van der Waals surface area contributed by atoms with E-state index in [4.69, 9.17) is 4.74 Å². The van der Waals surface area contributed by atoms with Gasteiger partial charge >= 0.3 is 5.97 Å². The molecule has 1 saturated carbocycles. The Morgan fingerprint density at radius 3 is 2.53 bits per heavy atom. The molecule has 1 aliphatic heterocycles. The molecule has 1 N–H and O–H groups in total. The van der Waals surface area contributed by atoms with Crippen LogP contribution >= 0.6 is 0 Å². The number of hydrogen-bond acceptors (Lipinski definition) is 5. The summed E-state index contributed by atoms with van der Waals surface area (Å²) in [4.78, 5) is 22.1. The van der Waals surface area contributed by atoms with Gasteiger partial charge in [0, 0.05) is 37.6 Å². The first-order valence-corrected chi connectivity index (χ1v) is 12.1. The summed E-state index contributed by atoms with van der Waals surface area (Å²) in [7, 11) is 2.24. The van der Waals surface area contributed by atoms with Gasteiger partial charge in [0.15, 0.2) is 11.7 Å². The number of aromatic nitrogens is 2. The van der Waals surface area contributed by atoms with Gasteiger partial charge in [-0.2, -0.15) is 0 Å². The fourth-order valence-electron chi connectivity index (χ4n) is 5.55. The third kappa shape index (κ3) is 5.18. The first-order chi connectivity index (χ1) is 15.5. The minimum atomic E-state index is -1.55. The molecule has 1 aromatic carbocycles. The lowest BCUT2D eigenvalue weighted by Crippen LogP contribution is -2.55. The lowest BCUT2D eigenvalue weighted by molar-refractivity contribution is -0.917. The van der Waals surface area contributed by atoms with E-state index in [2.05, 4.69) is 17.0 Å². The van der Waals surface area contributed by atoms with Crippen LogP contribution in [-0.2, 0) is 21.6 Å². The van der Waals surface area contributed by atoms with Crippen molar-refractivity contribution in [2.24, 2.45) is 5.92 Å². The Balaban J connectivity index is 1.40. The second-order valence-electron chi connectivity index (χ2n) is 9.80. The van der Waals surface area contributed by atoms with Crippen molar-refractivity contribution in [2.75, 3.05) is 26.7 Å². The Kier molecular flexibility index (Phi) is 7.21. The van der Waals surface area contributed by atoms with Crippen LogP contribution < -0.4 is 0 Å². The number of aryl methyl sites for hydroxylation is 1. The van der Waals surface area contributed by atoms with Crippen molar-refractivity contribution < 1.29 is 19.1 Å².